The van der Waals surface area contributed by atoms with E-state index in [9.17, 15) is 0 Å². The van der Waals surface area contributed by atoms with Crippen LogP contribution in [0.3, 0.4) is 0 Å². The maximum Gasteiger partial charge on any atom is 0.0206 e. The van der Waals surface area contributed by atoms with E-state index < -0.39 is 0 Å². The lowest BCUT2D eigenvalue weighted by Crippen LogP contribution is -2.40. The Hall–Kier alpha value is -7.08. The van der Waals surface area contributed by atoms with Gasteiger partial charge in [-0.3, -0.25) is 9.80 Å². The maximum atomic E-state index is 3.81. The van der Waals surface area contributed by atoms with Crippen LogP contribution < -0.4 is 31.9 Å². The second-order valence-corrected chi connectivity index (χ2v) is 24.0. The molecule has 0 radical (unpaired) electrons. The summed E-state index contributed by atoms with van der Waals surface area (Å²) in [5.41, 5.74) is 8.28. The monoisotopic (exact) mass is 1110 g/mol. The molecule has 0 atom stereocenters. The Morgan fingerprint density at radius 2 is 0.607 bits per heavy atom. The van der Waals surface area contributed by atoms with Gasteiger partial charge in [-0.05, 0) is 195 Å². The SMILES string of the molecule is c1cc2ccc3ccc(CCCCNCCN4CCNCc5ccc6cc(ccc6c5)CNCCN(CCNCCCCc5ccc6ccc7cccc8ccc5c6c78)CCNCc5ccc6cc(ccc6c5)CNCC4)c4ccc(c1)c2c34. The number of nitrogens with one attached hydrogen (secondary N) is 6. The van der Waals surface area contributed by atoms with Crippen molar-refractivity contribution in [2.24, 2.45) is 0 Å². The van der Waals surface area contributed by atoms with E-state index in [0.29, 0.717) is 0 Å². The van der Waals surface area contributed by atoms with Crippen molar-refractivity contribution in [1.29, 1.82) is 0 Å². The third-order valence-electron chi connectivity index (χ3n) is 18.2. The highest BCUT2D eigenvalue weighted by molar-refractivity contribution is 6.24. The number of unbranched alkanes of at least 4 members (excludes halogenated alkanes) is 2. The standard InChI is InChI=1S/C76H84N8/c1(7-59-21-23-65-27-25-61-9-5-11-63-29-31-71(59)75(65)73(61)63)3-33-77-35-41-83-43-37-79-51-55-13-17-69-49-57(15-19-67(69)47-55)53-81-39-45-84(46-40-82-54-58-16-20-68-48-56(52-80-38-44-83)14-18-70(68)50-58)42-36-78-34-4-2-8-60-22-24-66-28-26-62-10-6-12-64-30-32-72(60)76(66)74(62)64/h5-6,9-32,47-50,77-82H,1-4,7-8,33-46,51-54H2. The molecule has 8 nitrogen and oxygen atoms in total. The van der Waals surface area contributed by atoms with E-state index in [1.165, 1.54) is 145 Å². The average molecular weight is 1110 g/mol. The molecule has 0 saturated carbocycles. The van der Waals surface area contributed by atoms with Crippen LogP contribution in [-0.4, -0.2) is 101 Å². The minimum Gasteiger partial charge on any atom is -0.315 e. The van der Waals surface area contributed by atoms with E-state index in [1.807, 2.05) is 0 Å². The fourth-order valence-corrected chi connectivity index (χ4v) is 13.6. The van der Waals surface area contributed by atoms with Crippen LogP contribution in [0, 0.1) is 0 Å². The Labute approximate surface area is 497 Å². The topological polar surface area (TPSA) is 78.7 Å². The largest absolute Gasteiger partial charge is 0.315 e. The highest BCUT2D eigenvalue weighted by atomic mass is 15.2. The number of benzene rings is 12. The molecule has 8 heteroatoms. The van der Waals surface area contributed by atoms with Crippen LogP contribution in [0.25, 0.3) is 86.2 Å². The quantitative estimate of drug-likeness (QED) is 0.0422. The molecule has 0 saturated heterocycles. The van der Waals surface area contributed by atoms with Crippen LogP contribution in [0.4, 0.5) is 0 Å². The molecule has 0 aromatic heterocycles. The van der Waals surface area contributed by atoms with E-state index in [2.05, 4.69) is 224 Å². The highest BCUT2D eigenvalue weighted by Crippen LogP contribution is 2.38. The molecular formula is C76H84N8. The number of hydrogen-bond acceptors (Lipinski definition) is 8. The van der Waals surface area contributed by atoms with Crippen LogP contribution in [0.2, 0.25) is 0 Å². The molecule has 0 unspecified atom stereocenters. The zero-order valence-electron chi connectivity index (χ0n) is 49.2. The van der Waals surface area contributed by atoms with Gasteiger partial charge in [0.15, 0.2) is 0 Å². The molecule has 0 fully saturated rings. The predicted octanol–water partition coefficient (Wildman–Crippen LogP) is 13.7. The first-order chi connectivity index (χ1) is 41.6. The molecule has 0 amide bonds. The summed E-state index contributed by atoms with van der Waals surface area (Å²) in [7, 11) is 0. The smallest absolute Gasteiger partial charge is 0.0206 e. The molecule has 8 heterocycles. The Morgan fingerprint density at radius 1 is 0.298 bits per heavy atom. The van der Waals surface area contributed by atoms with Crippen LogP contribution in [0.1, 0.15) is 59.1 Å². The molecule has 8 aliphatic heterocycles. The lowest BCUT2D eigenvalue weighted by Gasteiger charge is -2.23. The summed E-state index contributed by atoms with van der Waals surface area (Å²) >= 11 is 0. The fraction of sp³-hybridized carbons (Fsp3) is 0.316. The second-order valence-electron chi connectivity index (χ2n) is 24.0. The fourth-order valence-electron chi connectivity index (χ4n) is 13.6. The molecule has 428 valence electrons. The maximum absolute atomic E-state index is 3.81. The zero-order chi connectivity index (χ0) is 56.3. The Balaban J connectivity index is 0.588. The normalized spacial score (nSPS) is 15.4. The lowest BCUT2D eigenvalue weighted by molar-refractivity contribution is 0.271. The van der Waals surface area contributed by atoms with Gasteiger partial charge in [0.25, 0.3) is 0 Å². The van der Waals surface area contributed by atoms with Crippen molar-refractivity contribution in [3.63, 3.8) is 0 Å². The Kier molecular flexibility index (Phi) is 18.2. The summed E-state index contributed by atoms with van der Waals surface area (Å²) in [5.74, 6) is 0. The van der Waals surface area contributed by atoms with E-state index in [0.717, 1.165) is 131 Å². The summed E-state index contributed by atoms with van der Waals surface area (Å²) in [6.45, 7) is 17.4. The number of rotatable bonds is 16. The van der Waals surface area contributed by atoms with Gasteiger partial charge in [-0.2, -0.15) is 0 Å². The van der Waals surface area contributed by atoms with E-state index >= 15 is 0 Å². The van der Waals surface area contributed by atoms with Crippen LogP contribution in [0.5, 0.6) is 0 Å². The number of hydrogen-bond donors (Lipinski definition) is 6. The van der Waals surface area contributed by atoms with Crippen molar-refractivity contribution in [3.8, 4) is 0 Å². The van der Waals surface area contributed by atoms with E-state index in [4.69, 9.17) is 0 Å². The van der Waals surface area contributed by atoms with Gasteiger partial charge >= 0.3 is 0 Å². The molecule has 6 N–H and O–H groups in total. The van der Waals surface area contributed by atoms with Crippen LogP contribution in [0.15, 0.2) is 182 Å². The van der Waals surface area contributed by atoms with Crippen molar-refractivity contribution in [2.75, 3.05) is 91.6 Å². The number of nitrogens with zero attached hydrogens (tertiary/aromatic N) is 2. The molecule has 0 aliphatic carbocycles. The van der Waals surface area contributed by atoms with Crippen molar-refractivity contribution in [3.05, 3.63) is 215 Å². The predicted molar refractivity (Wildman–Crippen MR) is 360 cm³/mol. The van der Waals surface area contributed by atoms with Crippen LogP contribution >= 0.6 is 0 Å². The highest BCUT2D eigenvalue weighted by Gasteiger charge is 2.14. The first-order valence-corrected chi connectivity index (χ1v) is 31.7. The Morgan fingerprint density at radius 3 is 0.964 bits per heavy atom. The molecule has 8 aliphatic rings. The van der Waals surface area contributed by atoms with Gasteiger partial charge in [-0.15, -0.1) is 0 Å². The van der Waals surface area contributed by atoms with Crippen molar-refractivity contribution >= 4 is 86.2 Å². The summed E-state index contributed by atoms with van der Waals surface area (Å²) in [6.07, 6.45) is 6.92. The second kappa shape index (κ2) is 27.3. The van der Waals surface area contributed by atoms with Gasteiger partial charge in [-0.1, -0.05) is 158 Å². The van der Waals surface area contributed by atoms with Crippen LogP contribution in [-0.2, 0) is 39.0 Å². The third-order valence-corrected chi connectivity index (χ3v) is 18.2. The lowest BCUT2D eigenvalue weighted by atomic mass is 9.90. The minimum absolute atomic E-state index is 0.865. The molecule has 20 rings (SSSR count). The zero-order valence-corrected chi connectivity index (χ0v) is 49.2. The minimum atomic E-state index is 0.865. The third kappa shape index (κ3) is 13.4. The van der Waals surface area contributed by atoms with Gasteiger partial charge in [-0.25, -0.2) is 0 Å². The van der Waals surface area contributed by atoms with Gasteiger partial charge in [0, 0.05) is 105 Å². The summed E-state index contributed by atoms with van der Waals surface area (Å²) in [6, 6.07) is 69.2. The molecule has 12 aromatic rings. The summed E-state index contributed by atoms with van der Waals surface area (Å²) in [5, 5.41) is 44.6. The first kappa shape index (κ1) is 56.1. The van der Waals surface area contributed by atoms with Gasteiger partial charge in [0.1, 0.15) is 0 Å². The average Bonchev–Trinajstić information content (AvgIpc) is 1.45. The molecule has 12 aromatic carbocycles. The summed E-state index contributed by atoms with van der Waals surface area (Å²) in [4.78, 5) is 5.24. The Bertz CT molecular complexity index is 3710. The van der Waals surface area contributed by atoms with Crippen molar-refractivity contribution in [2.45, 2.75) is 64.7 Å². The summed E-state index contributed by atoms with van der Waals surface area (Å²) < 4.78 is 0. The van der Waals surface area contributed by atoms with Crippen molar-refractivity contribution < 1.29 is 0 Å². The molecular weight excluding hydrogens is 1020 g/mol. The van der Waals surface area contributed by atoms with Crippen molar-refractivity contribution in [1.82, 2.24) is 41.7 Å². The van der Waals surface area contributed by atoms with Gasteiger partial charge in [0.05, 0.1) is 0 Å². The number of aryl methyl sites for hydroxylation is 2. The molecule has 8 bridgehead atoms. The van der Waals surface area contributed by atoms with Gasteiger partial charge in [0.2, 0.25) is 0 Å². The van der Waals surface area contributed by atoms with E-state index in [-0.39, 0.29) is 0 Å². The molecule has 0 spiro atoms. The first-order valence-electron chi connectivity index (χ1n) is 31.7. The van der Waals surface area contributed by atoms with E-state index in [1.54, 1.807) is 0 Å². The van der Waals surface area contributed by atoms with Gasteiger partial charge < -0.3 is 31.9 Å². The molecule has 84 heavy (non-hydrogen) atoms.